The molecule has 3 aromatic heterocycles. The Labute approximate surface area is 471 Å². The number of nitrogens with zero attached hydrogens (tertiary/aromatic N) is 6. The number of nitrogens with two attached hydrogens (primary N) is 1. The van der Waals surface area contributed by atoms with Crippen LogP contribution in [0.1, 0.15) is 93.9 Å². The van der Waals surface area contributed by atoms with Crippen molar-refractivity contribution in [3.05, 3.63) is 78.4 Å². The second-order valence-electron chi connectivity index (χ2n) is 20.9. The number of aliphatic carboxylic acids is 1. The summed E-state index contributed by atoms with van der Waals surface area (Å²) in [6, 6.07) is 7.25. The molecule has 0 spiro atoms. The van der Waals surface area contributed by atoms with Crippen LogP contribution in [0.3, 0.4) is 0 Å². The summed E-state index contributed by atoms with van der Waals surface area (Å²) in [6.07, 6.45) is 4.11. The molecule has 3 aliphatic carbocycles. The Balaban J connectivity index is 0.000000213. The first kappa shape index (κ1) is 63.0. The number of carbonyl (C=O) groups is 5. The Morgan fingerprint density at radius 1 is 0.693 bits per heavy atom. The van der Waals surface area contributed by atoms with Gasteiger partial charge in [0, 0.05) is 32.2 Å². The summed E-state index contributed by atoms with van der Waals surface area (Å²) in [4.78, 5) is 75.9. The first-order valence-electron chi connectivity index (χ1n) is 23.7. The van der Waals surface area contributed by atoms with Crippen molar-refractivity contribution in [1.82, 2.24) is 35.0 Å². The number of pyridine rings is 3. The molecule has 0 aromatic carbocycles. The summed E-state index contributed by atoms with van der Waals surface area (Å²) >= 11 is 14.6. The van der Waals surface area contributed by atoms with Crippen molar-refractivity contribution in [3.63, 3.8) is 0 Å². The maximum absolute atomic E-state index is 13.2. The molecular formula is C49H64Br3Cl2F3N10O8. The highest BCUT2D eigenvalue weighted by molar-refractivity contribution is 9.11. The van der Waals surface area contributed by atoms with Crippen LogP contribution in [0.15, 0.2) is 60.9 Å². The molecule has 6 heterocycles. The molecule has 0 radical (unpaired) electrons. The van der Waals surface area contributed by atoms with Gasteiger partial charge in [0.1, 0.15) is 59.7 Å². The van der Waals surface area contributed by atoms with Crippen molar-refractivity contribution < 1.29 is 51.7 Å². The van der Waals surface area contributed by atoms with Crippen LogP contribution in [0, 0.1) is 35.2 Å². The number of nitrogens with one attached hydrogen (secondary N) is 3. The zero-order valence-corrected chi connectivity index (χ0v) is 49.4. The maximum atomic E-state index is 13.2. The SMILES string of the molecule is CC(C)(C)OC(=O)N1[C@@H]2C[C@@H]2C[C@H]1C(=O)Nc1ccc(F)c(Br)n1.CC(C)(C)OC(=O)N1[C@@H]2C[C@@H]2C[C@H]1C(=O)O.CC(C)=C(Cl)N(C)C.Cl.Nc1ccc(F)c(Br)n1.O=C(Nc1ccc(F)c(Br)n1)[C@@H]1C[C@H]2C[C@H]2N1. The zero-order chi connectivity index (χ0) is 55.3. The van der Waals surface area contributed by atoms with Crippen molar-refractivity contribution >= 4 is 119 Å². The molecule has 3 saturated carbocycles. The van der Waals surface area contributed by atoms with Crippen molar-refractivity contribution in [1.29, 1.82) is 0 Å². The molecule has 6 fully saturated rings. The summed E-state index contributed by atoms with van der Waals surface area (Å²) < 4.78 is 49.5. The summed E-state index contributed by atoms with van der Waals surface area (Å²) in [7, 11) is 3.85. The quantitative estimate of drug-likeness (QED) is 0.114. The molecule has 9 atom stereocenters. The van der Waals surface area contributed by atoms with Crippen molar-refractivity contribution in [3.8, 4) is 0 Å². The molecular weight excluding hydrogens is 1220 g/mol. The minimum Gasteiger partial charge on any atom is -0.480 e. The molecule has 26 heteroatoms. The van der Waals surface area contributed by atoms with Gasteiger partial charge in [0.05, 0.1) is 6.04 Å². The number of hydrogen-bond donors (Lipinski definition) is 5. The highest BCUT2D eigenvalue weighted by Crippen LogP contribution is 2.49. The average Bonchev–Trinajstić information content (AvgIpc) is 4.26. The fraction of sp³-hybridized carbons (Fsp3) is 0.551. The van der Waals surface area contributed by atoms with Gasteiger partial charge in [-0.2, -0.15) is 0 Å². The van der Waals surface area contributed by atoms with Crippen LogP contribution in [-0.2, 0) is 23.9 Å². The number of amides is 4. The number of rotatable bonds is 6. The third kappa shape index (κ3) is 18.6. The Bertz CT molecular complexity index is 2600. The fourth-order valence-electron chi connectivity index (χ4n) is 8.32. The molecule has 3 saturated heterocycles. The second-order valence-corrected chi connectivity index (χ2v) is 23.5. The lowest BCUT2D eigenvalue weighted by molar-refractivity contribution is -0.142. The number of halogens is 8. The Hall–Kier alpha value is -4.49. The van der Waals surface area contributed by atoms with E-state index in [-0.39, 0.29) is 62.0 Å². The molecule has 0 bridgehead atoms. The highest BCUT2D eigenvalue weighted by Gasteiger charge is 2.58. The molecule has 9 rings (SSSR count). The first-order valence-corrected chi connectivity index (χ1v) is 26.4. The van der Waals surface area contributed by atoms with E-state index in [0.29, 0.717) is 48.3 Å². The summed E-state index contributed by atoms with van der Waals surface area (Å²) in [5, 5.41) is 18.4. The number of aromatic nitrogens is 3. The van der Waals surface area contributed by atoms with E-state index in [4.69, 9.17) is 31.9 Å². The third-order valence-electron chi connectivity index (χ3n) is 11.9. The molecule has 6 aliphatic rings. The van der Waals surface area contributed by atoms with Crippen LogP contribution in [0.25, 0.3) is 0 Å². The molecule has 75 heavy (non-hydrogen) atoms. The van der Waals surface area contributed by atoms with Gasteiger partial charge in [-0.1, -0.05) is 11.6 Å². The number of likely N-dealkylation sites (tertiary alicyclic amines) is 2. The van der Waals surface area contributed by atoms with Gasteiger partial charge in [-0.3, -0.25) is 19.4 Å². The van der Waals surface area contributed by atoms with E-state index < -0.39 is 58.9 Å². The second kappa shape index (κ2) is 26.2. The number of ether oxygens (including phenoxy) is 2. The van der Waals surface area contributed by atoms with Crippen molar-refractivity contribution in [2.75, 3.05) is 30.5 Å². The van der Waals surface area contributed by atoms with Gasteiger partial charge in [-0.15, -0.1) is 12.4 Å². The smallest absolute Gasteiger partial charge is 0.411 e. The lowest BCUT2D eigenvalue weighted by Gasteiger charge is -2.29. The van der Waals surface area contributed by atoms with Crippen LogP contribution >= 0.6 is 71.8 Å². The van der Waals surface area contributed by atoms with Gasteiger partial charge in [-0.25, -0.2) is 42.5 Å². The minimum absolute atomic E-state index is 0. The van der Waals surface area contributed by atoms with E-state index in [1.165, 1.54) is 52.6 Å². The molecule has 4 amide bonds. The maximum Gasteiger partial charge on any atom is 0.411 e. The van der Waals surface area contributed by atoms with E-state index in [1.807, 2.05) is 32.8 Å². The summed E-state index contributed by atoms with van der Waals surface area (Å²) in [5.74, 6) is -0.418. The fourth-order valence-corrected chi connectivity index (χ4v) is 9.30. The van der Waals surface area contributed by atoms with Crippen molar-refractivity contribution in [2.45, 2.75) is 141 Å². The van der Waals surface area contributed by atoms with E-state index in [0.717, 1.165) is 30.0 Å². The van der Waals surface area contributed by atoms with E-state index in [1.54, 1.807) is 41.5 Å². The number of anilines is 3. The van der Waals surface area contributed by atoms with Gasteiger partial charge >= 0.3 is 18.2 Å². The van der Waals surface area contributed by atoms with Gasteiger partial charge in [0.2, 0.25) is 11.8 Å². The Kier molecular flexibility index (Phi) is 22.1. The van der Waals surface area contributed by atoms with Crippen LogP contribution in [-0.4, -0.2) is 126 Å². The lowest BCUT2D eigenvalue weighted by atomic mass is 10.1. The molecule has 3 aliphatic heterocycles. The highest BCUT2D eigenvalue weighted by atomic mass is 79.9. The lowest BCUT2D eigenvalue weighted by Crippen LogP contribution is -2.47. The number of carbonyl (C=O) groups excluding carboxylic acids is 4. The molecule has 3 aromatic rings. The number of nitrogen functional groups attached to an aromatic ring is 1. The number of carboxylic acid groups (broad SMARTS) is 1. The number of hydrogen-bond acceptors (Lipinski definition) is 13. The van der Waals surface area contributed by atoms with E-state index in [9.17, 15) is 37.1 Å². The third-order valence-corrected chi connectivity index (χ3v) is 14.3. The average molecular weight is 1290 g/mol. The predicted octanol–water partition coefficient (Wildman–Crippen LogP) is 10.5. The normalized spacial score (nSPS) is 23.8. The van der Waals surface area contributed by atoms with Crippen molar-refractivity contribution in [2.24, 2.45) is 17.8 Å². The minimum atomic E-state index is -0.932. The summed E-state index contributed by atoms with van der Waals surface area (Å²) in [6.45, 7) is 14.7. The number of piperidine rings is 3. The summed E-state index contributed by atoms with van der Waals surface area (Å²) in [5.41, 5.74) is 5.18. The number of allylic oxidation sites excluding steroid dienone is 1. The number of fused-ring (bicyclic) bond motifs is 3. The number of carboxylic acids is 1. The van der Waals surface area contributed by atoms with Gasteiger partial charge in [0.15, 0.2) is 17.5 Å². The standard InChI is InChI=1S/C16H19BrFN3O3.C11H11BrFN3O.C11H17NO4.C6H12ClN.C5H4BrFN2.ClH/c1-16(2,3)24-15(23)21-10-6-8(10)7-11(21)14(22)20-12-5-4-9(18)13(17)19-12;12-10-6(13)1-2-9(15-10)16-11(17)8-4-5-3-7(5)14-8;1-11(2,3)16-10(15)12-7-4-6(7)5-8(12)9(13)14;1-5(2)6(7)8(3)4;6-5-3(7)1-2-4(8)9-5;/h4-5,8,10-11H,6-7H2,1-3H3,(H,19,20,22);1-2,5,7-8,14H,3-4H2,(H,15,16,17);6-8H,4-5H2,1-3H3,(H,13,14);1-4H3;1-2H,(H2,8,9);1H/t8-,10-,11+;5-,7-,8+;6-,7-,8+;;;/m111.../s1. The Morgan fingerprint density at radius 2 is 1.12 bits per heavy atom. The largest absolute Gasteiger partial charge is 0.480 e. The van der Waals surface area contributed by atoms with Gasteiger partial charge in [-0.05, 0) is 201 Å². The van der Waals surface area contributed by atoms with Gasteiger partial charge < -0.3 is 41.2 Å². The molecule has 414 valence electrons. The van der Waals surface area contributed by atoms with Crippen LogP contribution in [0.2, 0.25) is 0 Å². The molecule has 18 nitrogen and oxygen atoms in total. The van der Waals surface area contributed by atoms with Gasteiger partial charge in [0.25, 0.3) is 0 Å². The van der Waals surface area contributed by atoms with E-state index >= 15 is 0 Å². The predicted molar refractivity (Wildman–Crippen MR) is 290 cm³/mol. The van der Waals surface area contributed by atoms with Crippen LogP contribution < -0.4 is 21.7 Å². The monoisotopic (exact) mass is 1280 g/mol. The molecule has 6 N–H and O–H groups in total. The Morgan fingerprint density at radius 3 is 1.48 bits per heavy atom. The first-order chi connectivity index (χ1) is 34.3. The van der Waals surface area contributed by atoms with E-state index in [2.05, 4.69) is 78.7 Å². The van der Waals surface area contributed by atoms with Crippen LogP contribution in [0.4, 0.5) is 40.2 Å². The zero-order valence-electron chi connectivity index (χ0n) is 43.0. The molecule has 0 unspecified atom stereocenters. The topological polar surface area (TPSA) is 235 Å². The van der Waals surface area contributed by atoms with Crippen LogP contribution in [0.5, 0.6) is 0 Å².